The zero-order chi connectivity index (χ0) is 41.4. The zero-order valence-corrected chi connectivity index (χ0v) is 34.1. The van der Waals surface area contributed by atoms with Gasteiger partial charge < -0.3 is 9.32 Å². The Labute approximate surface area is 361 Å². The summed E-state index contributed by atoms with van der Waals surface area (Å²) in [5.41, 5.74) is 15.5. The number of hydrogen-bond donors (Lipinski definition) is 0. The lowest BCUT2D eigenvalue weighted by atomic mass is 9.97. The lowest BCUT2D eigenvalue weighted by Gasteiger charge is -2.28. The van der Waals surface area contributed by atoms with Gasteiger partial charge in [-0.25, -0.2) is 0 Å². The number of benzene rings is 10. The molecule has 0 N–H and O–H groups in total. The number of hydrogen-bond acceptors (Lipinski definition) is 2. The molecule has 0 aliphatic rings. The fourth-order valence-corrected chi connectivity index (χ4v) is 8.84. The van der Waals surface area contributed by atoms with Gasteiger partial charge in [0.05, 0.1) is 5.69 Å². The van der Waals surface area contributed by atoms with Crippen molar-refractivity contribution in [2.45, 2.75) is 0 Å². The van der Waals surface area contributed by atoms with E-state index in [1.54, 1.807) is 6.08 Å². The summed E-state index contributed by atoms with van der Waals surface area (Å²) < 4.78 is 6.52. The minimum Gasteiger partial charge on any atom is -0.455 e. The molecule has 0 radical (unpaired) electrons. The van der Waals surface area contributed by atoms with Gasteiger partial charge in [0.25, 0.3) is 0 Å². The van der Waals surface area contributed by atoms with Crippen molar-refractivity contribution in [3.05, 3.63) is 243 Å². The summed E-state index contributed by atoms with van der Waals surface area (Å²) in [4.78, 5) is 2.38. The summed E-state index contributed by atoms with van der Waals surface area (Å²) in [6.45, 7) is 3.81. The van der Waals surface area contributed by atoms with Crippen molar-refractivity contribution < 1.29 is 4.42 Å². The number of rotatable bonds is 9. The van der Waals surface area contributed by atoms with E-state index in [-0.39, 0.29) is 0 Å². The van der Waals surface area contributed by atoms with Gasteiger partial charge in [-0.2, -0.15) is 0 Å². The SMILES string of the molecule is C=C/C=C\c1cccc(-c2ccc(-c3ccc(N(c4ccc(-c5ccc6ccccc6c5)cc4)c4ccccc4-c4ccc5oc6c7ccccc7ccc6c5c4)cc3)cc2)c1. The Kier molecular flexibility index (Phi) is 9.37. The first-order valence-corrected chi connectivity index (χ1v) is 21.1. The maximum atomic E-state index is 6.52. The average molecular weight is 792 g/mol. The van der Waals surface area contributed by atoms with E-state index < -0.39 is 0 Å². The van der Waals surface area contributed by atoms with Crippen LogP contribution in [0, 0.1) is 0 Å². The Balaban J connectivity index is 0.988. The largest absolute Gasteiger partial charge is 0.455 e. The number of fused-ring (bicyclic) bond motifs is 6. The van der Waals surface area contributed by atoms with E-state index in [0.717, 1.165) is 66.6 Å². The Morgan fingerprint density at radius 2 is 0.968 bits per heavy atom. The first-order chi connectivity index (χ1) is 30.7. The van der Waals surface area contributed by atoms with E-state index in [1.807, 2.05) is 6.08 Å². The minimum atomic E-state index is 0.886. The topological polar surface area (TPSA) is 16.4 Å². The molecule has 0 saturated carbocycles. The van der Waals surface area contributed by atoms with Gasteiger partial charge in [0, 0.05) is 33.1 Å². The zero-order valence-electron chi connectivity index (χ0n) is 34.1. The smallest absolute Gasteiger partial charge is 0.143 e. The molecule has 11 rings (SSSR count). The summed E-state index contributed by atoms with van der Waals surface area (Å²) in [5.74, 6) is 0. The van der Waals surface area contributed by atoms with Crippen LogP contribution < -0.4 is 4.90 Å². The van der Waals surface area contributed by atoms with Crippen molar-refractivity contribution in [2.75, 3.05) is 4.90 Å². The van der Waals surface area contributed by atoms with Crippen LogP contribution in [0.5, 0.6) is 0 Å². The molecule has 1 aromatic heterocycles. The monoisotopic (exact) mass is 791 g/mol. The van der Waals surface area contributed by atoms with Crippen LogP contribution in [0.3, 0.4) is 0 Å². The standard InChI is InChI=1S/C60H41NO/c1-2-3-11-41-12-10-16-48(38-41)45-22-20-43(21-23-45)44-26-32-52(33-27-44)61(53-34-28-46(29-35-53)50-25-24-42-13-4-5-15-49(42)39-50)58-19-9-8-17-54(58)51-31-37-59-57(40-51)56-36-30-47-14-6-7-18-55(47)60(56)62-59/h2-40H,1H2/b11-3-. The molecular weight excluding hydrogens is 751 g/mol. The summed E-state index contributed by atoms with van der Waals surface area (Å²) in [6.07, 6.45) is 5.85. The van der Waals surface area contributed by atoms with Crippen molar-refractivity contribution in [3.8, 4) is 44.5 Å². The molecule has 0 unspecified atom stereocenters. The Morgan fingerprint density at radius 1 is 0.387 bits per heavy atom. The first-order valence-electron chi connectivity index (χ1n) is 21.1. The highest BCUT2D eigenvalue weighted by Crippen LogP contribution is 2.44. The third-order valence-electron chi connectivity index (χ3n) is 12.0. The first kappa shape index (κ1) is 36.8. The van der Waals surface area contributed by atoms with Crippen molar-refractivity contribution >= 4 is 66.6 Å². The van der Waals surface area contributed by atoms with Gasteiger partial charge in [0.15, 0.2) is 0 Å². The van der Waals surface area contributed by atoms with Crippen LogP contribution in [-0.4, -0.2) is 0 Å². The van der Waals surface area contributed by atoms with E-state index in [2.05, 4.69) is 236 Å². The minimum absolute atomic E-state index is 0.886. The molecule has 0 aliphatic heterocycles. The van der Waals surface area contributed by atoms with E-state index >= 15 is 0 Å². The number of para-hydroxylation sites is 1. The highest BCUT2D eigenvalue weighted by Gasteiger charge is 2.19. The highest BCUT2D eigenvalue weighted by atomic mass is 16.3. The summed E-state index contributed by atoms with van der Waals surface area (Å²) in [7, 11) is 0. The molecule has 0 amide bonds. The Morgan fingerprint density at radius 3 is 1.71 bits per heavy atom. The molecule has 2 nitrogen and oxygen atoms in total. The van der Waals surface area contributed by atoms with Crippen molar-refractivity contribution in [1.29, 1.82) is 0 Å². The highest BCUT2D eigenvalue weighted by molar-refractivity contribution is 6.15. The molecule has 11 aromatic rings. The second kappa shape index (κ2) is 15.8. The predicted molar refractivity (Wildman–Crippen MR) is 264 cm³/mol. The maximum absolute atomic E-state index is 6.52. The third-order valence-corrected chi connectivity index (χ3v) is 12.0. The average Bonchev–Trinajstić information content (AvgIpc) is 3.73. The van der Waals surface area contributed by atoms with Crippen LogP contribution in [0.25, 0.3) is 94.1 Å². The van der Waals surface area contributed by atoms with Gasteiger partial charge in [0.1, 0.15) is 11.2 Å². The molecule has 10 aromatic carbocycles. The molecule has 0 saturated heterocycles. The van der Waals surface area contributed by atoms with E-state index in [0.29, 0.717) is 0 Å². The molecule has 0 atom stereocenters. The molecule has 292 valence electrons. The van der Waals surface area contributed by atoms with Gasteiger partial charge in [-0.15, -0.1) is 0 Å². The number of anilines is 3. The van der Waals surface area contributed by atoms with Crippen LogP contribution in [-0.2, 0) is 0 Å². The molecule has 0 bridgehead atoms. The van der Waals surface area contributed by atoms with Crippen LogP contribution in [0.2, 0.25) is 0 Å². The molecule has 1 heterocycles. The van der Waals surface area contributed by atoms with Crippen molar-refractivity contribution in [1.82, 2.24) is 0 Å². The Bertz CT molecular complexity index is 3460. The number of nitrogens with zero attached hydrogens (tertiary/aromatic N) is 1. The summed E-state index contributed by atoms with van der Waals surface area (Å²) in [6, 6.07) is 78.7. The van der Waals surface area contributed by atoms with Crippen LogP contribution in [0.15, 0.2) is 242 Å². The molecular formula is C60H41NO. The summed E-state index contributed by atoms with van der Waals surface area (Å²) in [5, 5.41) is 7.01. The molecule has 62 heavy (non-hydrogen) atoms. The maximum Gasteiger partial charge on any atom is 0.143 e. The Hall–Kier alpha value is -8.20. The van der Waals surface area contributed by atoms with Crippen molar-refractivity contribution in [2.24, 2.45) is 0 Å². The summed E-state index contributed by atoms with van der Waals surface area (Å²) >= 11 is 0. The second-order valence-corrected chi connectivity index (χ2v) is 15.8. The van der Waals surface area contributed by atoms with Gasteiger partial charge in [0.2, 0.25) is 0 Å². The molecule has 0 fully saturated rings. The van der Waals surface area contributed by atoms with Gasteiger partial charge in [-0.05, 0) is 121 Å². The van der Waals surface area contributed by atoms with Gasteiger partial charge >= 0.3 is 0 Å². The van der Waals surface area contributed by atoms with Crippen LogP contribution >= 0.6 is 0 Å². The molecule has 0 spiro atoms. The quantitative estimate of drug-likeness (QED) is 0.135. The van der Waals surface area contributed by atoms with Crippen LogP contribution in [0.4, 0.5) is 17.1 Å². The lowest BCUT2D eigenvalue weighted by Crippen LogP contribution is -2.11. The van der Waals surface area contributed by atoms with E-state index in [9.17, 15) is 0 Å². The lowest BCUT2D eigenvalue weighted by molar-refractivity contribution is 0.672. The number of furan rings is 1. The van der Waals surface area contributed by atoms with Crippen molar-refractivity contribution in [3.63, 3.8) is 0 Å². The van der Waals surface area contributed by atoms with E-state index in [1.165, 1.54) is 44.0 Å². The fourth-order valence-electron chi connectivity index (χ4n) is 8.84. The van der Waals surface area contributed by atoms with Gasteiger partial charge in [-0.1, -0.05) is 183 Å². The number of allylic oxidation sites excluding steroid dienone is 2. The molecule has 0 aliphatic carbocycles. The third kappa shape index (κ3) is 6.84. The van der Waals surface area contributed by atoms with E-state index in [4.69, 9.17) is 4.42 Å². The fraction of sp³-hybridized carbons (Fsp3) is 0. The predicted octanol–water partition coefficient (Wildman–Crippen LogP) is 17.2. The normalized spacial score (nSPS) is 11.5. The van der Waals surface area contributed by atoms with Crippen LogP contribution in [0.1, 0.15) is 5.56 Å². The second-order valence-electron chi connectivity index (χ2n) is 15.8. The molecule has 2 heteroatoms. The van der Waals surface area contributed by atoms with Gasteiger partial charge in [-0.3, -0.25) is 0 Å².